The Morgan fingerprint density at radius 1 is 1.14 bits per heavy atom. The third kappa shape index (κ3) is 6.49. The fraction of sp³-hybridized carbons (Fsp3) is 0.567. The molecule has 0 aliphatic carbocycles. The largest absolute Gasteiger partial charge is 0.496 e. The number of carboxylic acid groups (broad SMARTS) is 1. The number of likely N-dealkylation sites (tertiary alicyclic amines) is 1. The van der Waals surface area contributed by atoms with E-state index in [1.165, 1.54) is 25.2 Å². The van der Waals surface area contributed by atoms with Crippen LogP contribution >= 0.6 is 0 Å². The number of carbonyl (C=O) groups excluding carboxylic acids is 1. The smallest absolute Gasteiger partial charge is 0.416 e. The van der Waals surface area contributed by atoms with Crippen LogP contribution in [0.25, 0.3) is 0 Å². The van der Waals surface area contributed by atoms with Gasteiger partial charge in [-0.1, -0.05) is 26.8 Å². The molecule has 1 unspecified atom stereocenters. The van der Waals surface area contributed by atoms with Gasteiger partial charge in [0, 0.05) is 36.7 Å². The topological polar surface area (TPSA) is 110 Å². The minimum absolute atomic E-state index is 0.0777. The quantitative estimate of drug-likeness (QED) is 0.453. The fourth-order valence-corrected chi connectivity index (χ4v) is 6.21. The van der Waals surface area contributed by atoms with Gasteiger partial charge in [-0.2, -0.15) is 13.2 Å². The van der Waals surface area contributed by atoms with Gasteiger partial charge in [0.1, 0.15) is 11.8 Å². The van der Waals surface area contributed by atoms with E-state index in [2.05, 4.69) is 10.3 Å². The molecule has 42 heavy (non-hydrogen) atoms. The van der Waals surface area contributed by atoms with Crippen LogP contribution in [-0.4, -0.2) is 66.4 Å². The lowest BCUT2D eigenvalue weighted by atomic mass is 9.72. The van der Waals surface area contributed by atoms with Crippen molar-refractivity contribution in [3.05, 3.63) is 53.2 Å². The van der Waals surface area contributed by atoms with E-state index in [1.54, 1.807) is 18.2 Å². The summed E-state index contributed by atoms with van der Waals surface area (Å²) in [6, 6.07) is 5.47. The van der Waals surface area contributed by atoms with Crippen molar-refractivity contribution in [2.75, 3.05) is 27.4 Å². The van der Waals surface area contributed by atoms with Gasteiger partial charge in [0.25, 0.3) is 0 Å². The normalized spacial score (nSPS) is 24.9. The van der Waals surface area contributed by atoms with Crippen LogP contribution in [0.5, 0.6) is 11.6 Å². The highest BCUT2D eigenvalue weighted by Gasteiger charge is 2.59. The van der Waals surface area contributed by atoms with Crippen molar-refractivity contribution in [3.63, 3.8) is 0 Å². The molecule has 2 fully saturated rings. The summed E-state index contributed by atoms with van der Waals surface area (Å²) in [5, 5.41) is 13.9. The van der Waals surface area contributed by atoms with E-state index in [4.69, 9.17) is 14.2 Å². The maximum atomic E-state index is 14.2. The number of halogens is 3. The number of hydrogen-bond acceptors (Lipinski definition) is 7. The Morgan fingerprint density at radius 3 is 2.45 bits per heavy atom. The average Bonchev–Trinajstić information content (AvgIpc) is 3.31. The van der Waals surface area contributed by atoms with E-state index in [9.17, 15) is 27.9 Å². The van der Waals surface area contributed by atoms with Crippen molar-refractivity contribution in [1.29, 1.82) is 0 Å². The zero-order chi connectivity index (χ0) is 30.8. The van der Waals surface area contributed by atoms with Gasteiger partial charge in [-0.05, 0) is 42.5 Å². The fourth-order valence-electron chi connectivity index (χ4n) is 6.21. The van der Waals surface area contributed by atoms with E-state index in [0.717, 1.165) is 12.1 Å². The average molecular weight is 594 g/mol. The number of nitrogens with one attached hydrogen (secondary N) is 1. The summed E-state index contributed by atoms with van der Waals surface area (Å²) in [7, 11) is 2.83. The Balaban J connectivity index is 1.85. The second kappa shape index (κ2) is 12.5. The summed E-state index contributed by atoms with van der Waals surface area (Å²) in [5.74, 6) is -2.18. The molecule has 1 aromatic carbocycles. The first-order valence-corrected chi connectivity index (χ1v) is 13.9. The zero-order valence-corrected chi connectivity index (χ0v) is 24.4. The summed E-state index contributed by atoms with van der Waals surface area (Å²) in [6.45, 7) is 6.30. The molecule has 2 saturated heterocycles. The van der Waals surface area contributed by atoms with Crippen LogP contribution in [0.2, 0.25) is 0 Å². The van der Waals surface area contributed by atoms with Gasteiger partial charge in [0.15, 0.2) is 0 Å². The SMILES string of the molecule is COc1cccc([C@H]2[C@@H](NCc3cc(C(F)(F)F)ccc3OC)[C@H](C(C)(C)C)[C@@H](C(=O)O)N2C(=O)C2CCCOC2)n1. The summed E-state index contributed by atoms with van der Waals surface area (Å²) in [4.78, 5) is 33.1. The molecular weight excluding hydrogens is 555 g/mol. The highest BCUT2D eigenvalue weighted by molar-refractivity contribution is 5.87. The van der Waals surface area contributed by atoms with Crippen LogP contribution in [0.3, 0.4) is 0 Å². The molecule has 1 aromatic heterocycles. The van der Waals surface area contributed by atoms with E-state index in [1.807, 2.05) is 20.8 Å². The molecule has 230 valence electrons. The molecule has 5 atom stereocenters. The number of amides is 1. The minimum atomic E-state index is -4.56. The first-order chi connectivity index (χ1) is 19.8. The van der Waals surface area contributed by atoms with Crippen molar-refractivity contribution in [2.45, 2.75) is 64.5 Å². The van der Waals surface area contributed by atoms with Crippen molar-refractivity contribution < 1.29 is 42.1 Å². The lowest BCUT2D eigenvalue weighted by Crippen LogP contribution is -2.50. The molecule has 2 aliphatic rings. The number of carboxylic acids is 1. The summed E-state index contributed by atoms with van der Waals surface area (Å²) in [6.07, 6.45) is -3.33. The molecule has 2 aliphatic heterocycles. The van der Waals surface area contributed by atoms with E-state index in [0.29, 0.717) is 25.1 Å². The predicted octanol–water partition coefficient (Wildman–Crippen LogP) is 4.70. The molecular formula is C30H38F3N3O6. The van der Waals surface area contributed by atoms with E-state index < -0.39 is 53.1 Å². The molecule has 2 aromatic rings. The third-order valence-electron chi connectivity index (χ3n) is 8.08. The highest BCUT2D eigenvalue weighted by Crippen LogP contribution is 2.49. The highest BCUT2D eigenvalue weighted by atomic mass is 19.4. The van der Waals surface area contributed by atoms with Gasteiger partial charge < -0.3 is 29.5 Å². The minimum Gasteiger partial charge on any atom is -0.496 e. The van der Waals surface area contributed by atoms with Gasteiger partial charge in [-0.3, -0.25) is 4.79 Å². The number of nitrogens with zero attached hydrogens (tertiary/aromatic N) is 2. The van der Waals surface area contributed by atoms with Crippen molar-refractivity contribution in [3.8, 4) is 11.6 Å². The number of methoxy groups -OCH3 is 2. The molecule has 2 N–H and O–H groups in total. The molecule has 0 bridgehead atoms. The van der Waals surface area contributed by atoms with Crippen LogP contribution < -0.4 is 14.8 Å². The molecule has 0 saturated carbocycles. The van der Waals surface area contributed by atoms with Crippen LogP contribution in [-0.2, 0) is 27.0 Å². The van der Waals surface area contributed by atoms with Gasteiger partial charge >= 0.3 is 12.1 Å². The number of carbonyl (C=O) groups is 2. The zero-order valence-electron chi connectivity index (χ0n) is 24.4. The lowest BCUT2D eigenvalue weighted by molar-refractivity contribution is -0.156. The van der Waals surface area contributed by atoms with Crippen molar-refractivity contribution in [1.82, 2.24) is 15.2 Å². The van der Waals surface area contributed by atoms with Gasteiger partial charge in [0.05, 0.1) is 44.0 Å². The Hall–Kier alpha value is -3.38. The van der Waals surface area contributed by atoms with Crippen LogP contribution in [0, 0.1) is 17.3 Å². The first-order valence-electron chi connectivity index (χ1n) is 13.9. The van der Waals surface area contributed by atoms with E-state index >= 15 is 0 Å². The predicted molar refractivity (Wildman–Crippen MR) is 147 cm³/mol. The molecule has 3 heterocycles. The maximum absolute atomic E-state index is 14.2. The second-order valence-corrected chi connectivity index (χ2v) is 11.8. The lowest BCUT2D eigenvalue weighted by Gasteiger charge is -2.36. The number of rotatable bonds is 8. The van der Waals surface area contributed by atoms with E-state index in [-0.39, 0.29) is 36.3 Å². The van der Waals surface area contributed by atoms with Crippen LogP contribution in [0.4, 0.5) is 13.2 Å². The molecule has 0 spiro atoms. The van der Waals surface area contributed by atoms with Crippen molar-refractivity contribution in [2.24, 2.45) is 17.3 Å². The Morgan fingerprint density at radius 2 is 1.88 bits per heavy atom. The standard InChI is InChI=1S/C30H38F3N3O6/c1-29(2,3)23-24(34-15-18-14-19(30(31,32)33)11-12-21(18)40-4)25(20-9-6-10-22(35-20)41-5)36(26(23)28(38)39)27(37)17-8-7-13-42-16-17/h6,9-12,14,17,23-26,34H,7-8,13,15-16H2,1-5H3,(H,38,39)/t17?,23-,24-,25-,26-/m0/s1. The number of pyridine rings is 1. The Bertz CT molecular complexity index is 1280. The Labute approximate surface area is 243 Å². The van der Waals surface area contributed by atoms with Crippen LogP contribution in [0.15, 0.2) is 36.4 Å². The molecule has 9 nitrogen and oxygen atoms in total. The number of benzene rings is 1. The number of hydrogen-bond donors (Lipinski definition) is 2. The third-order valence-corrected chi connectivity index (χ3v) is 8.08. The number of ether oxygens (including phenoxy) is 3. The van der Waals surface area contributed by atoms with Crippen molar-refractivity contribution >= 4 is 11.9 Å². The van der Waals surface area contributed by atoms with Gasteiger partial charge in [0.2, 0.25) is 11.8 Å². The second-order valence-electron chi connectivity index (χ2n) is 11.8. The van der Waals surface area contributed by atoms with Crippen LogP contribution in [0.1, 0.15) is 56.5 Å². The maximum Gasteiger partial charge on any atom is 0.416 e. The first kappa shape index (κ1) is 31.6. The molecule has 4 rings (SSSR count). The number of alkyl halides is 3. The number of aliphatic carboxylic acids is 1. The molecule has 1 amide bonds. The summed E-state index contributed by atoms with van der Waals surface area (Å²) in [5.41, 5.74) is -0.823. The molecule has 12 heteroatoms. The van der Waals surface area contributed by atoms with Gasteiger partial charge in [-0.15, -0.1) is 0 Å². The van der Waals surface area contributed by atoms with Gasteiger partial charge in [-0.25, -0.2) is 9.78 Å². The number of aromatic nitrogens is 1. The molecule has 0 radical (unpaired) electrons. The summed E-state index contributed by atoms with van der Waals surface area (Å²) >= 11 is 0. The Kier molecular flexibility index (Phi) is 9.36. The monoisotopic (exact) mass is 593 g/mol. The summed E-state index contributed by atoms with van der Waals surface area (Å²) < 4.78 is 57.0.